The lowest BCUT2D eigenvalue weighted by atomic mass is 9.97. The summed E-state index contributed by atoms with van der Waals surface area (Å²) in [6, 6.07) is 2.68. The number of carbonyl (C=O) groups is 1. The fraction of sp³-hybridized carbons (Fsp3) is 0.611. The van der Waals surface area contributed by atoms with Gasteiger partial charge >= 0.3 is 0 Å². The molecule has 0 aromatic carbocycles. The van der Waals surface area contributed by atoms with Crippen LogP contribution in [-0.4, -0.2) is 45.4 Å². The zero-order chi connectivity index (χ0) is 17.4. The van der Waals surface area contributed by atoms with Gasteiger partial charge in [-0.3, -0.25) is 4.79 Å². The van der Waals surface area contributed by atoms with Gasteiger partial charge in [0.1, 0.15) is 0 Å². The van der Waals surface area contributed by atoms with Gasteiger partial charge in [0.2, 0.25) is 0 Å². The first kappa shape index (κ1) is 16.7. The van der Waals surface area contributed by atoms with E-state index in [1.807, 2.05) is 16.5 Å². The van der Waals surface area contributed by atoms with E-state index in [4.69, 9.17) is 0 Å². The van der Waals surface area contributed by atoms with Crippen LogP contribution >= 0.6 is 11.3 Å². The van der Waals surface area contributed by atoms with Crippen LogP contribution in [0, 0.1) is 6.92 Å². The molecule has 1 saturated heterocycles. The summed E-state index contributed by atoms with van der Waals surface area (Å²) in [5, 5.41) is 14.1. The number of carbonyl (C=O) groups excluding carboxylic acids is 1. The van der Waals surface area contributed by atoms with Crippen LogP contribution in [-0.2, 0) is 6.42 Å². The Hall–Kier alpha value is -1.73. The van der Waals surface area contributed by atoms with Crippen molar-refractivity contribution in [2.45, 2.75) is 51.6 Å². The molecular formula is C18H25N5OS. The van der Waals surface area contributed by atoms with Crippen molar-refractivity contribution in [2.75, 3.05) is 19.6 Å². The van der Waals surface area contributed by atoms with Gasteiger partial charge in [0.25, 0.3) is 5.91 Å². The van der Waals surface area contributed by atoms with E-state index >= 15 is 0 Å². The molecule has 4 heterocycles. The zero-order valence-electron chi connectivity index (χ0n) is 14.9. The first-order valence-corrected chi connectivity index (χ1v) is 10.1. The highest BCUT2D eigenvalue weighted by Gasteiger charge is 2.33. The van der Waals surface area contributed by atoms with E-state index in [0.717, 1.165) is 51.0 Å². The summed E-state index contributed by atoms with van der Waals surface area (Å²) in [5.41, 5.74) is 2.74. The molecule has 7 heteroatoms. The van der Waals surface area contributed by atoms with Crippen molar-refractivity contribution in [3.05, 3.63) is 33.3 Å². The van der Waals surface area contributed by atoms with Crippen LogP contribution < -0.4 is 5.32 Å². The largest absolute Gasteiger partial charge is 0.330 e. The molecule has 2 aliphatic heterocycles. The Labute approximate surface area is 152 Å². The number of amides is 1. The highest BCUT2D eigenvalue weighted by Crippen LogP contribution is 2.36. The van der Waals surface area contributed by atoms with Crippen LogP contribution in [0.15, 0.2) is 11.4 Å². The van der Waals surface area contributed by atoms with Gasteiger partial charge in [0.05, 0.1) is 17.8 Å². The molecule has 6 nitrogen and oxygen atoms in total. The van der Waals surface area contributed by atoms with Crippen LogP contribution in [0.5, 0.6) is 0 Å². The van der Waals surface area contributed by atoms with E-state index in [9.17, 15) is 4.79 Å². The highest BCUT2D eigenvalue weighted by molar-refractivity contribution is 7.10. The van der Waals surface area contributed by atoms with E-state index in [2.05, 4.69) is 34.0 Å². The standard InChI is InChI=1S/C18H25N5OS/c1-3-15-14-7-11-25-16(14)6-10-22(15)18(24)17-12(2)23(21-20-17)13-4-8-19-9-5-13/h7,11,13,15,19H,3-6,8-10H2,1-2H3/t15-/m0/s1. The van der Waals surface area contributed by atoms with Crippen molar-refractivity contribution in [1.29, 1.82) is 0 Å². The van der Waals surface area contributed by atoms with Crippen molar-refractivity contribution in [3.8, 4) is 0 Å². The van der Waals surface area contributed by atoms with Gasteiger partial charge in [0, 0.05) is 11.4 Å². The third-order valence-corrected chi connectivity index (χ3v) is 6.52. The summed E-state index contributed by atoms with van der Waals surface area (Å²) in [7, 11) is 0. The lowest BCUT2D eigenvalue weighted by molar-refractivity contribution is 0.0650. The third kappa shape index (κ3) is 2.89. The molecule has 0 spiro atoms. The van der Waals surface area contributed by atoms with Crippen molar-refractivity contribution in [2.24, 2.45) is 0 Å². The van der Waals surface area contributed by atoms with E-state index in [0.29, 0.717) is 11.7 Å². The first-order valence-electron chi connectivity index (χ1n) is 9.20. The lowest BCUT2D eigenvalue weighted by Crippen LogP contribution is -2.39. The summed E-state index contributed by atoms with van der Waals surface area (Å²) in [4.78, 5) is 16.6. The molecule has 0 aliphatic carbocycles. The summed E-state index contributed by atoms with van der Waals surface area (Å²) in [6.45, 7) is 6.90. The Morgan fingerprint density at radius 1 is 1.40 bits per heavy atom. The fourth-order valence-electron chi connectivity index (χ4n) is 4.15. The molecule has 2 aromatic rings. The average molecular weight is 359 g/mol. The number of hydrogen-bond donors (Lipinski definition) is 1. The maximum atomic E-state index is 13.2. The van der Waals surface area contributed by atoms with Crippen LogP contribution in [0.3, 0.4) is 0 Å². The van der Waals surface area contributed by atoms with E-state index in [1.54, 1.807) is 11.3 Å². The molecule has 1 N–H and O–H groups in total. The second-order valence-electron chi connectivity index (χ2n) is 6.92. The Morgan fingerprint density at radius 2 is 2.20 bits per heavy atom. The SMILES string of the molecule is CC[C@H]1c2ccsc2CCN1C(=O)c1nnn(C2CCNCC2)c1C. The Balaban J connectivity index is 1.60. The summed E-state index contributed by atoms with van der Waals surface area (Å²) in [6.07, 6.45) is 3.95. The van der Waals surface area contributed by atoms with E-state index < -0.39 is 0 Å². The molecule has 1 atom stereocenters. The second-order valence-corrected chi connectivity index (χ2v) is 7.92. The molecule has 134 valence electrons. The molecule has 2 aliphatic rings. The van der Waals surface area contributed by atoms with E-state index in [1.165, 1.54) is 10.4 Å². The maximum absolute atomic E-state index is 13.2. The summed E-state index contributed by atoms with van der Waals surface area (Å²) in [5.74, 6) is 0.0291. The number of thiophene rings is 1. The van der Waals surface area contributed by atoms with Crippen LogP contribution in [0.4, 0.5) is 0 Å². The molecule has 2 aromatic heterocycles. The predicted octanol–water partition coefficient (Wildman–Crippen LogP) is 2.72. The minimum Gasteiger partial charge on any atom is -0.330 e. The minimum absolute atomic E-state index is 0.0291. The number of hydrogen-bond acceptors (Lipinski definition) is 5. The number of fused-ring (bicyclic) bond motifs is 1. The predicted molar refractivity (Wildman–Crippen MR) is 98.0 cm³/mol. The molecule has 1 amide bonds. The zero-order valence-corrected chi connectivity index (χ0v) is 15.7. The number of nitrogens with zero attached hydrogens (tertiary/aromatic N) is 4. The molecular weight excluding hydrogens is 334 g/mol. The Morgan fingerprint density at radius 3 is 2.96 bits per heavy atom. The third-order valence-electron chi connectivity index (χ3n) is 5.53. The monoisotopic (exact) mass is 359 g/mol. The normalized spacial score (nSPS) is 21.4. The number of aromatic nitrogens is 3. The summed E-state index contributed by atoms with van der Waals surface area (Å²) < 4.78 is 1.97. The molecule has 25 heavy (non-hydrogen) atoms. The molecule has 1 fully saturated rings. The van der Waals surface area contributed by atoms with Crippen molar-refractivity contribution in [1.82, 2.24) is 25.2 Å². The molecule has 0 unspecified atom stereocenters. The lowest BCUT2D eigenvalue weighted by Gasteiger charge is -2.35. The molecule has 0 bridgehead atoms. The van der Waals surface area contributed by atoms with Gasteiger partial charge in [-0.1, -0.05) is 12.1 Å². The van der Waals surface area contributed by atoms with Gasteiger partial charge in [-0.2, -0.15) is 0 Å². The van der Waals surface area contributed by atoms with Gasteiger partial charge in [-0.15, -0.1) is 16.4 Å². The summed E-state index contributed by atoms with van der Waals surface area (Å²) >= 11 is 1.80. The van der Waals surface area contributed by atoms with Crippen molar-refractivity contribution >= 4 is 17.2 Å². The second kappa shape index (κ2) is 6.88. The van der Waals surface area contributed by atoms with Crippen molar-refractivity contribution in [3.63, 3.8) is 0 Å². The number of rotatable bonds is 3. The van der Waals surface area contributed by atoms with Gasteiger partial charge in [-0.25, -0.2) is 4.68 Å². The quantitative estimate of drug-likeness (QED) is 0.915. The maximum Gasteiger partial charge on any atom is 0.276 e. The molecule has 0 radical (unpaired) electrons. The van der Waals surface area contributed by atoms with Gasteiger partial charge in [-0.05, 0) is 62.7 Å². The van der Waals surface area contributed by atoms with E-state index in [-0.39, 0.29) is 11.9 Å². The van der Waals surface area contributed by atoms with Crippen LogP contribution in [0.25, 0.3) is 0 Å². The first-order chi connectivity index (χ1) is 12.2. The van der Waals surface area contributed by atoms with Crippen LogP contribution in [0.2, 0.25) is 0 Å². The van der Waals surface area contributed by atoms with Crippen molar-refractivity contribution < 1.29 is 4.79 Å². The highest BCUT2D eigenvalue weighted by atomic mass is 32.1. The number of nitrogens with one attached hydrogen (secondary N) is 1. The molecule has 4 rings (SSSR count). The topological polar surface area (TPSA) is 63.1 Å². The van der Waals surface area contributed by atoms with Crippen LogP contribution in [0.1, 0.15) is 64.9 Å². The minimum atomic E-state index is 0.0291. The smallest absolute Gasteiger partial charge is 0.276 e. The van der Waals surface area contributed by atoms with Gasteiger partial charge in [0.15, 0.2) is 5.69 Å². The Bertz CT molecular complexity index is 761. The average Bonchev–Trinajstić information content (AvgIpc) is 3.27. The Kier molecular flexibility index (Phi) is 4.60. The number of piperidine rings is 1. The molecule has 0 saturated carbocycles. The fourth-order valence-corrected chi connectivity index (χ4v) is 5.08. The van der Waals surface area contributed by atoms with Gasteiger partial charge < -0.3 is 10.2 Å².